The molecule has 0 aliphatic heterocycles. The van der Waals surface area contributed by atoms with Crippen LogP contribution in [0.25, 0.3) is 0 Å². The Bertz CT molecular complexity index is 244. The van der Waals surface area contributed by atoms with Gasteiger partial charge in [-0.2, -0.15) is 0 Å². The largest absolute Gasteiger partial charge is 0.393 e. The van der Waals surface area contributed by atoms with Crippen molar-refractivity contribution in [3.8, 4) is 0 Å². The summed E-state index contributed by atoms with van der Waals surface area (Å²) in [5.74, 6) is 2.87. The highest BCUT2D eigenvalue weighted by molar-refractivity contribution is 5.05. The fourth-order valence-corrected chi connectivity index (χ4v) is 3.74. The van der Waals surface area contributed by atoms with Gasteiger partial charge in [0, 0.05) is 0 Å². The van der Waals surface area contributed by atoms with Gasteiger partial charge in [-0.3, -0.25) is 0 Å². The van der Waals surface area contributed by atoms with E-state index in [2.05, 4.69) is 20.4 Å². The molecule has 0 aromatic carbocycles. The smallest absolute Gasteiger partial charge is 0.0574 e. The molecule has 2 aliphatic rings. The molecule has 1 heteroatoms. The van der Waals surface area contributed by atoms with Crippen LogP contribution in [0.15, 0.2) is 12.2 Å². The first-order valence-corrected chi connectivity index (χ1v) is 6.44. The summed E-state index contributed by atoms with van der Waals surface area (Å²) in [6.45, 7) is 8.80. The van der Waals surface area contributed by atoms with Crippen LogP contribution in [-0.4, -0.2) is 11.2 Å². The van der Waals surface area contributed by atoms with Crippen molar-refractivity contribution in [2.45, 2.75) is 52.1 Å². The van der Waals surface area contributed by atoms with E-state index in [1.165, 1.54) is 24.8 Å². The van der Waals surface area contributed by atoms with Gasteiger partial charge < -0.3 is 5.11 Å². The molecule has 2 fully saturated rings. The Labute approximate surface area is 93.6 Å². The minimum absolute atomic E-state index is 0.0574. The third kappa shape index (κ3) is 2.13. The molecule has 0 radical (unpaired) electrons. The molecule has 0 saturated heterocycles. The number of hydrogen-bond donors (Lipinski definition) is 1. The third-order valence-corrected chi connectivity index (χ3v) is 4.60. The molecular weight excluding hydrogens is 184 g/mol. The van der Waals surface area contributed by atoms with E-state index in [0.29, 0.717) is 5.92 Å². The highest BCUT2D eigenvalue weighted by Gasteiger charge is 2.42. The van der Waals surface area contributed by atoms with E-state index in [1.54, 1.807) is 0 Å². The maximum absolute atomic E-state index is 10.1. The molecule has 2 saturated carbocycles. The summed E-state index contributed by atoms with van der Waals surface area (Å²) in [6, 6.07) is 0. The number of hydrogen-bond acceptors (Lipinski definition) is 1. The van der Waals surface area contributed by atoms with Crippen molar-refractivity contribution in [2.75, 3.05) is 0 Å². The van der Waals surface area contributed by atoms with Crippen LogP contribution in [-0.2, 0) is 0 Å². The highest BCUT2D eigenvalue weighted by Crippen LogP contribution is 2.48. The molecule has 86 valence electrons. The van der Waals surface area contributed by atoms with E-state index in [-0.39, 0.29) is 6.10 Å². The molecule has 2 aliphatic carbocycles. The van der Waals surface area contributed by atoms with E-state index in [0.717, 1.165) is 30.6 Å². The predicted molar refractivity (Wildman–Crippen MR) is 63.5 cm³/mol. The van der Waals surface area contributed by atoms with Crippen LogP contribution in [0.4, 0.5) is 0 Å². The van der Waals surface area contributed by atoms with Gasteiger partial charge in [0.1, 0.15) is 0 Å². The van der Waals surface area contributed by atoms with E-state index in [9.17, 15) is 5.11 Å². The summed E-state index contributed by atoms with van der Waals surface area (Å²) in [5.41, 5.74) is 1.37. The summed E-state index contributed by atoms with van der Waals surface area (Å²) in [6.07, 6.45) is 5.66. The Balaban J connectivity index is 2.15. The Morgan fingerprint density at radius 3 is 2.60 bits per heavy atom. The number of aliphatic hydroxyl groups is 1. The van der Waals surface area contributed by atoms with Crippen LogP contribution in [0, 0.1) is 23.7 Å². The molecule has 2 rings (SSSR count). The average molecular weight is 208 g/mol. The van der Waals surface area contributed by atoms with Crippen LogP contribution < -0.4 is 0 Å². The average Bonchev–Trinajstić information content (AvgIpc) is 2.52. The van der Waals surface area contributed by atoms with Crippen molar-refractivity contribution in [3.05, 3.63) is 12.2 Å². The molecule has 15 heavy (non-hydrogen) atoms. The van der Waals surface area contributed by atoms with Crippen LogP contribution >= 0.6 is 0 Å². The summed E-state index contributed by atoms with van der Waals surface area (Å²) in [5, 5.41) is 10.1. The normalized spacial score (nSPS) is 41.7. The fraction of sp³-hybridized carbons (Fsp3) is 0.857. The van der Waals surface area contributed by atoms with E-state index in [1.807, 2.05) is 0 Å². The summed E-state index contributed by atoms with van der Waals surface area (Å²) >= 11 is 0. The topological polar surface area (TPSA) is 20.2 Å². The van der Waals surface area contributed by atoms with Crippen LogP contribution in [0.3, 0.4) is 0 Å². The molecule has 4 atom stereocenters. The third-order valence-electron chi connectivity index (χ3n) is 4.60. The van der Waals surface area contributed by atoms with Crippen molar-refractivity contribution in [2.24, 2.45) is 23.7 Å². The van der Waals surface area contributed by atoms with Gasteiger partial charge in [-0.15, -0.1) is 0 Å². The molecule has 1 N–H and O–H groups in total. The second-order valence-corrected chi connectivity index (χ2v) is 5.87. The summed E-state index contributed by atoms with van der Waals surface area (Å²) in [7, 11) is 0. The van der Waals surface area contributed by atoms with Gasteiger partial charge in [-0.25, -0.2) is 0 Å². The molecule has 0 spiro atoms. The lowest BCUT2D eigenvalue weighted by atomic mass is 9.79. The van der Waals surface area contributed by atoms with Gasteiger partial charge in [-0.05, 0) is 55.8 Å². The SMILES string of the molecule is C=C1CC[C@H](O)[C@H]2CC[C@@H](C(C)C)[C@H]2C1. The van der Waals surface area contributed by atoms with Crippen LogP contribution in [0.2, 0.25) is 0 Å². The van der Waals surface area contributed by atoms with Gasteiger partial charge in [0.05, 0.1) is 6.10 Å². The molecule has 0 heterocycles. The fourth-order valence-electron chi connectivity index (χ4n) is 3.74. The number of rotatable bonds is 1. The first-order valence-electron chi connectivity index (χ1n) is 6.44. The monoisotopic (exact) mass is 208 g/mol. The Morgan fingerprint density at radius 2 is 1.93 bits per heavy atom. The lowest BCUT2D eigenvalue weighted by molar-refractivity contribution is 0.0755. The zero-order valence-corrected chi connectivity index (χ0v) is 10.1. The Hall–Kier alpha value is -0.300. The maximum Gasteiger partial charge on any atom is 0.0574 e. The summed E-state index contributed by atoms with van der Waals surface area (Å²) in [4.78, 5) is 0. The molecule has 0 amide bonds. The van der Waals surface area contributed by atoms with Gasteiger partial charge in [0.25, 0.3) is 0 Å². The second kappa shape index (κ2) is 4.29. The maximum atomic E-state index is 10.1. The van der Waals surface area contributed by atoms with Gasteiger partial charge in [0.2, 0.25) is 0 Å². The second-order valence-electron chi connectivity index (χ2n) is 5.87. The van der Waals surface area contributed by atoms with Crippen LogP contribution in [0.5, 0.6) is 0 Å². The highest BCUT2D eigenvalue weighted by atomic mass is 16.3. The van der Waals surface area contributed by atoms with Crippen molar-refractivity contribution >= 4 is 0 Å². The lowest BCUT2D eigenvalue weighted by Gasteiger charge is -2.27. The molecule has 0 bridgehead atoms. The van der Waals surface area contributed by atoms with Gasteiger partial charge >= 0.3 is 0 Å². The molecule has 0 aromatic heterocycles. The zero-order chi connectivity index (χ0) is 11.0. The van der Waals surface area contributed by atoms with Gasteiger partial charge in [-0.1, -0.05) is 26.0 Å². The lowest BCUT2D eigenvalue weighted by Crippen LogP contribution is -2.26. The van der Waals surface area contributed by atoms with Gasteiger partial charge in [0.15, 0.2) is 0 Å². The Kier molecular flexibility index (Phi) is 3.20. The molecule has 1 nitrogen and oxygen atoms in total. The molecular formula is C14H24O. The minimum Gasteiger partial charge on any atom is -0.393 e. The van der Waals surface area contributed by atoms with Crippen LogP contribution in [0.1, 0.15) is 46.0 Å². The van der Waals surface area contributed by atoms with E-state index in [4.69, 9.17) is 0 Å². The number of allylic oxidation sites excluding steroid dienone is 1. The van der Waals surface area contributed by atoms with Crippen molar-refractivity contribution in [3.63, 3.8) is 0 Å². The van der Waals surface area contributed by atoms with E-state index >= 15 is 0 Å². The number of fused-ring (bicyclic) bond motifs is 1. The quantitative estimate of drug-likeness (QED) is 0.655. The van der Waals surface area contributed by atoms with Crippen molar-refractivity contribution in [1.29, 1.82) is 0 Å². The predicted octanol–water partition coefficient (Wildman–Crippen LogP) is 3.39. The molecule has 0 unspecified atom stereocenters. The minimum atomic E-state index is -0.0574. The molecule has 0 aromatic rings. The first kappa shape index (κ1) is 11.2. The van der Waals surface area contributed by atoms with Crippen molar-refractivity contribution in [1.82, 2.24) is 0 Å². The zero-order valence-electron chi connectivity index (χ0n) is 10.1. The Morgan fingerprint density at radius 1 is 1.20 bits per heavy atom. The number of aliphatic hydroxyl groups excluding tert-OH is 1. The van der Waals surface area contributed by atoms with Crippen molar-refractivity contribution < 1.29 is 5.11 Å². The standard InChI is InChI=1S/C14H24O/c1-9(2)11-5-6-12-13(11)8-10(3)4-7-14(12)15/h9,11-15H,3-8H2,1-2H3/t11-,12-,13+,14-/m0/s1. The summed E-state index contributed by atoms with van der Waals surface area (Å²) < 4.78 is 0. The van der Waals surface area contributed by atoms with E-state index < -0.39 is 0 Å². The first-order chi connectivity index (χ1) is 7.09.